The van der Waals surface area contributed by atoms with E-state index in [1.165, 1.54) is 0 Å². The number of carbonyl (C=O) groups is 2. The van der Waals surface area contributed by atoms with Crippen LogP contribution in [0, 0.1) is 0 Å². The Labute approximate surface area is 181 Å². The Morgan fingerprint density at radius 3 is 2.00 bits per heavy atom. The zero-order chi connectivity index (χ0) is 22.0. The molecule has 2 saturated heterocycles. The summed E-state index contributed by atoms with van der Waals surface area (Å²) in [6, 6.07) is 12.5. The van der Waals surface area contributed by atoms with Gasteiger partial charge >= 0.3 is 0 Å². The third kappa shape index (κ3) is 5.05. The zero-order valence-corrected chi connectivity index (χ0v) is 17.8. The van der Waals surface area contributed by atoms with Crippen LogP contribution in [0.2, 0.25) is 0 Å². The van der Waals surface area contributed by atoms with E-state index >= 15 is 0 Å². The van der Waals surface area contributed by atoms with E-state index in [1.807, 2.05) is 0 Å². The lowest BCUT2D eigenvalue weighted by atomic mass is 10.1. The fourth-order valence-corrected chi connectivity index (χ4v) is 6.10. The molecule has 2 amide bonds. The number of carbonyl (C=O) groups excluding carboxylic acids is 2. The average Bonchev–Trinajstić information content (AvgIpc) is 3.36. The molecule has 3 N–H and O–H groups in total. The van der Waals surface area contributed by atoms with Crippen molar-refractivity contribution in [1.29, 1.82) is 0 Å². The van der Waals surface area contributed by atoms with Gasteiger partial charge in [-0.25, -0.2) is 8.42 Å². The number of sulfone groups is 1. The number of benzene rings is 2. The van der Waals surface area contributed by atoms with Crippen molar-refractivity contribution < 1.29 is 22.7 Å². The SMILES string of the molecule is NC(=O)c1ccc(Oc2ccc(C(=O)NC3CS(=O)(=O)CC3N3CCCC3)cc2)cc1. The van der Waals surface area contributed by atoms with Gasteiger partial charge in [0.25, 0.3) is 5.91 Å². The lowest BCUT2D eigenvalue weighted by molar-refractivity contribution is 0.0918. The van der Waals surface area contributed by atoms with Gasteiger partial charge in [-0.1, -0.05) is 0 Å². The van der Waals surface area contributed by atoms with Crippen LogP contribution in [0.25, 0.3) is 0 Å². The summed E-state index contributed by atoms with van der Waals surface area (Å²) in [5, 5.41) is 2.92. The van der Waals surface area contributed by atoms with Crippen molar-refractivity contribution in [3.63, 3.8) is 0 Å². The van der Waals surface area contributed by atoms with E-state index in [-0.39, 0.29) is 23.5 Å². The molecule has 2 heterocycles. The number of likely N-dealkylation sites (tertiary alicyclic amines) is 1. The molecule has 0 spiro atoms. The molecule has 2 aliphatic heterocycles. The first-order valence-electron chi connectivity index (χ1n) is 10.2. The highest BCUT2D eigenvalue weighted by Gasteiger charge is 2.42. The summed E-state index contributed by atoms with van der Waals surface area (Å²) < 4.78 is 30.1. The Morgan fingerprint density at radius 1 is 0.903 bits per heavy atom. The van der Waals surface area contributed by atoms with Gasteiger partial charge in [0.05, 0.1) is 17.5 Å². The quantitative estimate of drug-likeness (QED) is 0.700. The van der Waals surface area contributed by atoms with Crippen LogP contribution >= 0.6 is 0 Å². The van der Waals surface area contributed by atoms with Crippen molar-refractivity contribution in [2.24, 2.45) is 5.73 Å². The maximum absolute atomic E-state index is 12.7. The Bertz CT molecular complexity index is 1060. The van der Waals surface area contributed by atoms with Crippen LogP contribution in [0.3, 0.4) is 0 Å². The van der Waals surface area contributed by atoms with Gasteiger partial charge in [0, 0.05) is 17.2 Å². The maximum atomic E-state index is 12.7. The van der Waals surface area contributed by atoms with Crippen LogP contribution in [0.5, 0.6) is 11.5 Å². The molecule has 0 aliphatic carbocycles. The molecule has 2 atom stereocenters. The minimum atomic E-state index is -3.17. The summed E-state index contributed by atoms with van der Waals surface area (Å²) in [5.41, 5.74) is 6.05. The van der Waals surface area contributed by atoms with Crippen LogP contribution in [0.1, 0.15) is 33.6 Å². The smallest absolute Gasteiger partial charge is 0.251 e. The predicted octanol–water partition coefficient (Wildman–Crippen LogP) is 1.57. The Balaban J connectivity index is 1.40. The topological polar surface area (TPSA) is 119 Å². The van der Waals surface area contributed by atoms with E-state index in [2.05, 4.69) is 10.2 Å². The van der Waals surface area contributed by atoms with Gasteiger partial charge in [-0.2, -0.15) is 0 Å². The Kier molecular flexibility index (Phi) is 5.97. The normalized spacial score (nSPS) is 22.8. The number of hydrogen-bond donors (Lipinski definition) is 2. The summed E-state index contributed by atoms with van der Waals surface area (Å²) >= 11 is 0. The molecule has 8 nitrogen and oxygen atoms in total. The highest BCUT2D eigenvalue weighted by molar-refractivity contribution is 7.91. The van der Waals surface area contributed by atoms with Crippen LogP contribution in [0.15, 0.2) is 48.5 Å². The summed E-state index contributed by atoms with van der Waals surface area (Å²) in [5.74, 6) is 0.322. The second-order valence-corrected chi connectivity index (χ2v) is 10.1. The summed E-state index contributed by atoms with van der Waals surface area (Å²) in [4.78, 5) is 26.0. The van der Waals surface area contributed by atoms with E-state index in [0.29, 0.717) is 22.6 Å². The number of nitrogens with one attached hydrogen (secondary N) is 1. The van der Waals surface area contributed by atoms with Crippen molar-refractivity contribution in [2.75, 3.05) is 24.6 Å². The number of amides is 2. The molecule has 31 heavy (non-hydrogen) atoms. The standard InChI is InChI=1S/C22H25N3O5S/c23-21(26)15-3-7-17(8-4-15)30-18-9-5-16(6-10-18)22(27)24-19-13-31(28,29)14-20(19)25-11-1-2-12-25/h3-10,19-20H,1-2,11-14H2,(H2,23,26)(H,24,27). The first kappa shape index (κ1) is 21.3. The molecule has 164 valence electrons. The number of nitrogens with zero attached hydrogens (tertiary/aromatic N) is 1. The van der Waals surface area contributed by atoms with Gasteiger partial charge < -0.3 is 15.8 Å². The highest BCUT2D eigenvalue weighted by Crippen LogP contribution is 2.24. The van der Waals surface area contributed by atoms with Gasteiger partial charge in [0.2, 0.25) is 5.91 Å². The Hall–Kier alpha value is -2.91. The maximum Gasteiger partial charge on any atom is 0.251 e. The van der Waals surface area contributed by atoms with Crippen molar-refractivity contribution in [3.05, 3.63) is 59.7 Å². The molecule has 2 aromatic rings. The van der Waals surface area contributed by atoms with Gasteiger partial charge in [0.1, 0.15) is 11.5 Å². The van der Waals surface area contributed by atoms with Crippen LogP contribution in [-0.2, 0) is 9.84 Å². The minimum Gasteiger partial charge on any atom is -0.457 e. The fourth-order valence-electron chi connectivity index (χ4n) is 4.15. The van der Waals surface area contributed by atoms with E-state index in [0.717, 1.165) is 25.9 Å². The monoisotopic (exact) mass is 443 g/mol. The van der Waals surface area contributed by atoms with Crippen LogP contribution < -0.4 is 15.8 Å². The third-order valence-electron chi connectivity index (χ3n) is 5.74. The molecule has 0 saturated carbocycles. The van der Waals surface area contributed by atoms with Crippen molar-refractivity contribution in [3.8, 4) is 11.5 Å². The van der Waals surface area contributed by atoms with Gasteiger partial charge in [-0.15, -0.1) is 0 Å². The Morgan fingerprint density at radius 2 is 1.45 bits per heavy atom. The van der Waals surface area contributed by atoms with Crippen molar-refractivity contribution >= 4 is 21.7 Å². The largest absolute Gasteiger partial charge is 0.457 e. The van der Waals surface area contributed by atoms with Crippen LogP contribution in [0.4, 0.5) is 0 Å². The first-order chi connectivity index (χ1) is 14.8. The number of hydrogen-bond acceptors (Lipinski definition) is 6. The van der Waals surface area contributed by atoms with Crippen LogP contribution in [-0.4, -0.2) is 61.8 Å². The summed E-state index contributed by atoms with van der Waals surface area (Å²) in [6.07, 6.45) is 2.12. The first-order valence-corrected chi connectivity index (χ1v) is 12.1. The van der Waals surface area contributed by atoms with E-state index < -0.39 is 21.8 Å². The zero-order valence-electron chi connectivity index (χ0n) is 17.0. The molecule has 0 radical (unpaired) electrons. The second-order valence-electron chi connectivity index (χ2n) is 7.98. The third-order valence-corrected chi connectivity index (χ3v) is 7.46. The molecule has 9 heteroatoms. The number of rotatable bonds is 6. The molecule has 0 bridgehead atoms. The van der Waals surface area contributed by atoms with Crippen molar-refractivity contribution in [1.82, 2.24) is 10.2 Å². The van der Waals surface area contributed by atoms with Crippen molar-refractivity contribution in [2.45, 2.75) is 24.9 Å². The molecule has 2 aromatic carbocycles. The number of nitrogens with two attached hydrogens (primary N) is 1. The lowest BCUT2D eigenvalue weighted by Gasteiger charge is -2.28. The fraction of sp³-hybridized carbons (Fsp3) is 0.364. The lowest BCUT2D eigenvalue weighted by Crippen LogP contribution is -2.50. The molecule has 0 aromatic heterocycles. The predicted molar refractivity (Wildman–Crippen MR) is 116 cm³/mol. The average molecular weight is 444 g/mol. The summed E-state index contributed by atoms with van der Waals surface area (Å²) in [7, 11) is -3.17. The van der Waals surface area contributed by atoms with Gasteiger partial charge in [-0.3, -0.25) is 14.5 Å². The van der Waals surface area contributed by atoms with E-state index in [9.17, 15) is 18.0 Å². The van der Waals surface area contributed by atoms with Gasteiger partial charge in [0.15, 0.2) is 9.84 Å². The molecule has 2 aliphatic rings. The van der Waals surface area contributed by atoms with E-state index in [4.69, 9.17) is 10.5 Å². The number of primary amides is 1. The molecular formula is C22H25N3O5S. The summed E-state index contributed by atoms with van der Waals surface area (Å²) in [6.45, 7) is 1.75. The van der Waals surface area contributed by atoms with Gasteiger partial charge in [-0.05, 0) is 74.5 Å². The molecule has 4 rings (SSSR count). The van der Waals surface area contributed by atoms with E-state index in [1.54, 1.807) is 48.5 Å². The highest BCUT2D eigenvalue weighted by atomic mass is 32.2. The minimum absolute atomic E-state index is 0.0254. The molecular weight excluding hydrogens is 418 g/mol. The number of ether oxygens (including phenoxy) is 1. The molecule has 2 unspecified atom stereocenters. The second kappa shape index (κ2) is 8.68. The molecule has 2 fully saturated rings.